The van der Waals surface area contributed by atoms with Gasteiger partial charge in [0.15, 0.2) is 0 Å². The van der Waals surface area contributed by atoms with Crippen molar-refractivity contribution in [2.24, 2.45) is 7.05 Å². The monoisotopic (exact) mass is 534 g/mol. The molecule has 0 fully saturated rings. The number of hydrogen-bond acceptors (Lipinski definition) is 7. The summed E-state index contributed by atoms with van der Waals surface area (Å²) in [6.07, 6.45) is -0.866. The fourth-order valence-electron chi connectivity index (χ4n) is 4.16. The number of halogens is 3. The first kappa shape index (κ1) is 25.6. The third-order valence-electron chi connectivity index (χ3n) is 6.19. The Morgan fingerprint density at radius 2 is 1.79 bits per heavy atom. The van der Waals surface area contributed by atoms with Crippen LogP contribution in [0.2, 0.25) is 0 Å². The smallest absolute Gasteiger partial charge is 0.383 e. The Morgan fingerprint density at radius 1 is 1.00 bits per heavy atom. The zero-order valence-electron chi connectivity index (χ0n) is 20.7. The first-order chi connectivity index (χ1) is 18.5. The quantitative estimate of drug-likeness (QED) is 0.348. The molecule has 10 nitrogen and oxygen atoms in total. The van der Waals surface area contributed by atoms with Crippen molar-refractivity contribution in [1.82, 2.24) is 34.8 Å². The number of hydrazine groups is 1. The number of rotatable bonds is 4. The summed E-state index contributed by atoms with van der Waals surface area (Å²) < 4.78 is 40.7. The third-order valence-corrected chi connectivity index (χ3v) is 6.19. The highest BCUT2D eigenvalue weighted by Gasteiger charge is 2.31. The minimum absolute atomic E-state index is 0.0768. The van der Waals surface area contributed by atoms with Crippen molar-refractivity contribution in [3.8, 4) is 0 Å². The Hall–Kier alpha value is -5.07. The van der Waals surface area contributed by atoms with Gasteiger partial charge in [-0.15, -0.1) is 0 Å². The van der Waals surface area contributed by atoms with Crippen LogP contribution in [0.15, 0.2) is 67.1 Å². The molecule has 0 radical (unpaired) electrons. The number of alkyl halides is 3. The Kier molecular flexibility index (Phi) is 6.34. The number of carbonyl (C=O) groups is 2. The summed E-state index contributed by atoms with van der Waals surface area (Å²) in [7, 11) is 3.11. The summed E-state index contributed by atoms with van der Waals surface area (Å²) >= 11 is 0. The maximum Gasteiger partial charge on any atom is 0.417 e. The zero-order chi connectivity index (χ0) is 27.9. The van der Waals surface area contributed by atoms with Crippen LogP contribution >= 0.6 is 0 Å². The van der Waals surface area contributed by atoms with E-state index in [0.29, 0.717) is 33.8 Å². The van der Waals surface area contributed by atoms with Gasteiger partial charge in [0.1, 0.15) is 11.5 Å². The molecule has 0 bridgehead atoms. The number of nitrogens with two attached hydrogens (primary N) is 1. The minimum atomic E-state index is -4.56. The van der Waals surface area contributed by atoms with E-state index in [1.165, 1.54) is 25.4 Å². The van der Waals surface area contributed by atoms with E-state index in [1.54, 1.807) is 42.2 Å². The standard InChI is InChI=1S/C26H21F3N8O2/c1-35-22-18-11-15(6-9-20(18)34-23(30)19(22)13-33-35)24(38)37(36(2)25(39)21-5-3-4-10-31-21)14-17-8-7-16(12-32-17)26(27,28)29/h3-13H,14H2,1-2H3,(H2,30,34). The van der Waals surface area contributed by atoms with Crippen LogP contribution in [0.3, 0.4) is 0 Å². The average molecular weight is 535 g/mol. The first-order valence-electron chi connectivity index (χ1n) is 11.6. The molecule has 4 heterocycles. The van der Waals surface area contributed by atoms with Crippen molar-refractivity contribution in [2.45, 2.75) is 12.7 Å². The molecule has 0 aliphatic heterocycles. The average Bonchev–Trinajstić information content (AvgIpc) is 3.33. The molecular weight excluding hydrogens is 513 g/mol. The number of aryl methyl sites for hydroxylation is 1. The van der Waals surface area contributed by atoms with Gasteiger partial charge >= 0.3 is 6.18 Å². The van der Waals surface area contributed by atoms with Gasteiger partial charge in [-0.25, -0.2) is 15.0 Å². The second-order valence-corrected chi connectivity index (χ2v) is 8.70. The first-order valence-corrected chi connectivity index (χ1v) is 11.6. The van der Waals surface area contributed by atoms with Crippen LogP contribution in [0.1, 0.15) is 32.1 Å². The molecule has 0 spiro atoms. The molecule has 2 amide bonds. The van der Waals surface area contributed by atoms with E-state index in [9.17, 15) is 22.8 Å². The number of benzene rings is 1. The molecule has 5 rings (SSSR count). The Balaban J connectivity index is 1.56. The molecule has 0 saturated carbocycles. The molecule has 5 aromatic rings. The van der Waals surface area contributed by atoms with E-state index in [4.69, 9.17) is 5.73 Å². The number of nitrogens with zero attached hydrogens (tertiary/aromatic N) is 7. The van der Waals surface area contributed by atoms with E-state index < -0.39 is 23.6 Å². The lowest BCUT2D eigenvalue weighted by Gasteiger charge is -2.31. The van der Waals surface area contributed by atoms with Gasteiger partial charge in [0.25, 0.3) is 11.8 Å². The number of aromatic nitrogens is 5. The van der Waals surface area contributed by atoms with Gasteiger partial charge in [-0.2, -0.15) is 18.3 Å². The van der Waals surface area contributed by atoms with Crippen LogP contribution < -0.4 is 5.73 Å². The number of hydrogen-bond donors (Lipinski definition) is 1. The summed E-state index contributed by atoms with van der Waals surface area (Å²) in [6.45, 7) is -0.287. The predicted molar refractivity (Wildman–Crippen MR) is 136 cm³/mol. The number of pyridine rings is 3. The van der Waals surface area contributed by atoms with E-state index in [2.05, 4.69) is 20.1 Å². The van der Waals surface area contributed by atoms with Gasteiger partial charge in [-0.1, -0.05) is 6.07 Å². The van der Waals surface area contributed by atoms with Crippen LogP contribution in [-0.4, -0.2) is 53.6 Å². The number of nitrogen functional groups attached to an aromatic ring is 1. The van der Waals surface area contributed by atoms with E-state index in [-0.39, 0.29) is 23.5 Å². The topological polar surface area (TPSA) is 123 Å². The third kappa shape index (κ3) is 4.81. The highest BCUT2D eigenvalue weighted by molar-refractivity contribution is 6.10. The number of fused-ring (bicyclic) bond motifs is 3. The van der Waals surface area contributed by atoms with Crippen molar-refractivity contribution < 1.29 is 22.8 Å². The maximum atomic E-state index is 13.9. The van der Waals surface area contributed by atoms with Crippen molar-refractivity contribution >= 4 is 39.4 Å². The Bertz CT molecular complexity index is 1700. The van der Waals surface area contributed by atoms with Crippen LogP contribution in [0.5, 0.6) is 0 Å². The summed E-state index contributed by atoms with van der Waals surface area (Å²) in [5.41, 5.74) is 6.76. The van der Waals surface area contributed by atoms with Crippen LogP contribution in [0.4, 0.5) is 19.0 Å². The summed E-state index contributed by atoms with van der Waals surface area (Å²) in [6, 6.07) is 11.6. The molecule has 0 atom stereocenters. The van der Waals surface area contributed by atoms with Crippen LogP contribution in [0.25, 0.3) is 21.8 Å². The maximum absolute atomic E-state index is 13.9. The van der Waals surface area contributed by atoms with Crippen molar-refractivity contribution in [2.75, 3.05) is 12.8 Å². The summed E-state index contributed by atoms with van der Waals surface area (Å²) in [5, 5.41) is 7.62. The van der Waals surface area contributed by atoms with Crippen molar-refractivity contribution in [3.05, 3.63) is 89.6 Å². The fraction of sp³-hybridized carbons (Fsp3) is 0.154. The SMILES string of the molecule is CN(C(=O)c1ccccn1)N(Cc1ccc(C(F)(F)F)cn1)C(=O)c1ccc2nc(N)c3cnn(C)c3c2c1. The Labute approximate surface area is 219 Å². The number of anilines is 1. The van der Waals surface area contributed by atoms with Crippen LogP contribution in [-0.2, 0) is 19.8 Å². The summed E-state index contributed by atoms with van der Waals surface area (Å²) in [5.74, 6) is -0.905. The molecule has 198 valence electrons. The lowest BCUT2D eigenvalue weighted by Crippen LogP contribution is -2.47. The molecule has 0 aliphatic carbocycles. The molecule has 13 heteroatoms. The van der Waals surface area contributed by atoms with Crippen LogP contribution in [0, 0.1) is 0 Å². The van der Waals surface area contributed by atoms with E-state index in [1.807, 2.05) is 0 Å². The van der Waals surface area contributed by atoms with Gasteiger partial charge in [0.2, 0.25) is 0 Å². The highest BCUT2D eigenvalue weighted by atomic mass is 19.4. The second-order valence-electron chi connectivity index (χ2n) is 8.70. The zero-order valence-corrected chi connectivity index (χ0v) is 20.7. The predicted octanol–water partition coefficient (Wildman–Crippen LogP) is 3.84. The molecule has 0 unspecified atom stereocenters. The summed E-state index contributed by atoms with van der Waals surface area (Å²) in [4.78, 5) is 39.4. The molecule has 4 aromatic heterocycles. The molecule has 39 heavy (non-hydrogen) atoms. The molecule has 2 N–H and O–H groups in total. The lowest BCUT2D eigenvalue weighted by atomic mass is 10.1. The fourth-order valence-corrected chi connectivity index (χ4v) is 4.16. The molecule has 0 saturated heterocycles. The number of amides is 2. The molecular formula is C26H21F3N8O2. The van der Waals surface area contributed by atoms with E-state index >= 15 is 0 Å². The minimum Gasteiger partial charge on any atom is -0.383 e. The largest absolute Gasteiger partial charge is 0.417 e. The lowest BCUT2D eigenvalue weighted by molar-refractivity contribution is -0.137. The van der Waals surface area contributed by atoms with Gasteiger partial charge in [0.05, 0.1) is 40.4 Å². The van der Waals surface area contributed by atoms with Crippen molar-refractivity contribution in [1.29, 1.82) is 0 Å². The van der Waals surface area contributed by atoms with Crippen molar-refractivity contribution in [3.63, 3.8) is 0 Å². The highest BCUT2D eigenvalue weighted by Crippen LogP contribution is 2.30. The molecule has 1 aromatic carbocycles. The van der Waals surface area contributed by atoms with E-state index in [0.717, 1.165) is 22.2 Å². The van der Waals surface area contributed by atoms with Gasteiger partial charge < -0.3 is 5.73 Å². The van der Waals surface area contributed by atoms with Gasteiger partial charge in [-0.3, -0.25) is 24.2 Å². The van der Waals surface area contributed by atoms with Gasteiger partial charge in [-0.05, 0) is 42.5 Å². The molecule has 0 aliphatic rings. The Morgan fingerprint density at radius 3 is 2.46 bits per heavy atom. The number of carbonyl (C=O) groups excluding carboxylic acids is 2. The van der Waals surface area contributed by atoms with Gasteiger partial charge in [0, 0.05) is 37.4 Å². The second kappa shape index (κ2) is 9.67. The normalized spacial score (nSPS) is 11.6.